The van der Waals surface area contributed by atoms with E-state index in [1.165, 1.54) is 6.92 Å². The molecule has 1 aromatic rings. The van der Waals surface area contributed by atoms with E-state index in [2.05, 4.69) is 15.1 Å². The third kappa shape index (κ3) is 6.16. The number of benzene rings is 1. The fourth-order valence-electron chi connectivity index (χ4n) is 2.80. The summed E-state index contributed by atoms with van der Waals surface area (Å²) in [7, 11) is 0. The summed E-state index contributed by atoms with van der Waals surface area (Å²) in [4.78, 5) is 27.0. The van der Waals surface area contributed by atoms with Crippen LogP contribution in [-0.2, 0) is 16.1 Å². The van der Waals surface area contributed by atoms with E-state index in [0.717, 1.165) is 38.3 Å². The van der Waals surface area contributed by atoms with Gasteiger partial charge < -0.3 is 15.2 Å². The minimum Gasteiger partial charge on any atom is -0.479 e. The number of nitrogens with zero attached hydrogens (tertiary/aromatic N) is 2. The van der Waals surface area contributed by atoms with Gasteiger partial charge in [-0.1, -0.05) is 17.7 Å². The van der Waals surface area contributed by atoms with Crippen molar-refractivity contribution in [2.45, 2.75) is 26.5 Å². The van der Waals surface area contributed by atoms with Crippen LogP contribution in [0.1, 0.15) is 19.4 Å². The average Bonchev–Trinajstić information content (AvgIpc) is 2.59. The van der Waals surface area contributed by atoms with E-state index in [0.29, 0.717) is 23.9 Å². The number of hydrogen-bond acceptors (Lipinski definition) is 5. The zero-order valence-corrected chi connectivity index (χ0v) is 16.0. The molecule has 1 saturated heterocycles. The molecular formula is C18H26ClN3O4. The molecule has 0 unspecified atom stereocenters. The molecule has 1 heterocycles. The summed E-state index contributed by atoms with van der Waals surface area (Å²) < 4.78 is 5.33. The molecule has 1 fully saturated rings. The van der Waals surface area contributed by atoms with Crippen LogP contribution in [0.3, 0.4) is 0 Å². The van der Waals surface area contributed by atoms with E-state index in [1.54, 1.807) is 6.07 Å². The summed E-state index contributed by atoms with van der Waals surface area (Å²) in [5.74, 6) is -0.591. The zero-order valence-electron chi connectivity index (χ0n) is 15.2. The molecule has 0 saturated carbocycles. The Morgan fingerprint density at radius 3 is 2.50 bits per heavy atom. The van der Waals surface area contributed by atoms with E-state index in [1.807, 2.05) is 19.1 Å². The van der Waals surface area contributed by atoms with Gasteiger partial charge in [0.1, 0.15) is 5.75 Å². The number of likely N-dealkylation sites (N-methyl/N-ethyl adjacent to an activating group) is 1. The van der Waals surface area contributed by atoms with Gasteiger partial charge in [0, 0.05) is 39.3 Å². The van der Waals surface area contributed by atoms with E-state index in [9.17, 15) is 9.59 Å². The quantitative estimate of drug-likeness (QED) is 0.707. The molecule has 1 amide bonds. The molecule has 1 aromatic carbocycles. The normalized spacial score (nSPS) is 16.9. The lowest BCUT2D eigenvalue weighted by atomic mass is 10.2. The molecule has 1 atom stereocenters. The van der Waals surface area contributed by atoms with Crippen molar-refractivity contribution in [1.82, 2.24) is 15.1 Å². The molecule has 0 spiro atoms. The van der Waals surface area contributed by atoms with Gasteiger partial charge in [-0.2, -0.15) is 0 Å². The minimum atomic E-state index is -1.03. The third-order valence-electron chi connectivity index (χ3n) is 4.26. The maximum Gasteiger partial charge on any atom is 0.344 e. The van der Waals surface area contributed by atoms with Crippen LogP contribution in [0.25, 0.3) is 0 Å². The summed E-state index contributed by atoms with van der Waals surface area (Å²) in [6.07, 6.45) is -0.948. The van der Waals surface area contributed by atoms with Crippen molar-refractivity contribution in [2.24, 2.45) is 0 Å². The highest BCUT2D eigenvalue weighted by Gasteiger charge is 2.19. The maximum atomic E-state index is 11.6. The fraction of sp³-hybridized carbons (Fsp3) is 0.556. The Balaban J connectivity index is 1.83. The number of amides is 1. The maximum absolute atomic E-state index is 11.6. The molecule has 8 heteroatoms. The standard InChI is InChI=1S/C18H26ClN3O4/c1-3-20-17(23)12-22-8-6-21(7-9-22)11-14-4-5-16(15(19)10-14)26-13(2)18(24)25/h4-5,10,13H,3,6-9,11-12H2,1-2H3,(H,20,23)(H,24,25)/t13-/m1/s1. The van der Waals surface area contributed by atoms with E-state index < -0.39 is 12.1 Å². The predicted octanol–water partition coefficient (Wildman–Crippen LogP) is 1.45. The Kier molecular flexibility index (Phi) is 7.68. The predicted molar refractivity (Wildman–Crippen MR) is 99.6 cm³/mol. The van der Waals surface area contributed by atoms with Gasteiger partial charge in [-0.05, 0) is 31.5 Å². The summed E-state index contributed by atoms with van der Waals surface area (Å²) in [6, 6.07) is 5.42. The smallest absolute Gasteiger partial charge is 0.344 e. The van der Waals surface area contributed by atoms with Crippen LogP contribution in [0.5, 0.6) is 5.75 Å². The zero-order chi connectivity index (χ0) is 19.1. The number of rotatable bonds is 8. The highest BCUT2D eigenvalue weighted by Crippen LogP contribution is 2.27. The highest BCUT2D eigenvalue weighted by molar-refractivity contribution is 6.32. The molecule has 2 N–H and O–H groups in total. The minimum absolute atomic E-state index is 0.0684. The monoisotopic (exact) mass is 383 g/mol. The number of carbonyl (C=O) groups is 2. The molecule has 7 nitrogen and oxygen atoms in total. The van der Waals surface area contributed by atoms with Gasteiger partial charge in [-0.25, -0.2) is 4.79 Å². The molecule has 2 rings (SSSR count). The molecule has 1 aliphatic heterocycles. The molecule has 1 aliphatic rings. The van der Waals surface area contributed by atoms with Crippen LogP contribution in [-0.4, -0.2) is 72.2 Å². The summed E-state index contributed by atoms with van der Waals surface area (Å²) >= 11 is 6.22. The Morgan fingerprint density at radius 1 is 1.27 bits per heavy atom. The summed E-state index contributed by atoms with van der Waals surface area (Å²) in [5, 5.41) is 12.1. The second kappa shape index (κ2) is 9.75. The van der Waals surface area contributed by atoms with Crippen LogP contribution in [0.2, 0.25) is 5.02 Å². The molecule has 0 aliphatic carbocycles. The number of hydrogen-bond donors (Lipinski definition) is 2. The van der Waals surface area contributed by atoms with Crippen molar-refractivity contribution in [1.29, 1.82) is 0 Å². The lowest BCUT2D eigenvalue weighted by Gasteiger charge is -2.34. The number of carboxylic acid groups (broad SMARTS) is 1. The Hall–Kier alpha value is -1.83. The number of piperazine rings is 1. The SMILES string of the molecule is CCNC(=O)CN1CCN(Cc2ccc(O[C@H](C)C(=O)O)c(Cl)c2)CC1. The van der Waals surface area contributed by atoms with Crippen molar-refractivity contribution in [3.8, 4) is 5.75 Å². The van der Waals surface area contributed by atoms with Gasteiger partial charge in [0.15, 0.2) is 6.10 Å². The fourth-order valence-corrected chi connectivity index (χ4v) is 3.05. The third-order valence-corrected chi connectivity index (χ3v) is 4.56. The average molecular weight is 384 g/mol. The van der Waals surface area contributed by atoms with Crippen molar-refractivity contribution in [2.75, 3.05) is 39.3 Å². The largest absolute Gasteiger partial charge is 0.479 e. The van der Waals surface area contributed by atoms with Gasteiger partial charge >= 0.3 is 5.97 Å². The van der Waals surface area contributed by atoms with Gasteiger partial charge in [0.25, 0.3) is 0 Å². The van der Waals surface area contributed by atoms with Crippen molar-refractivity contribution in [3.63, 3.8) is 0 Å². The summed E-state index contributed by atoms with van der Waals surface area (Å²) in [6.45, 7) is 8.70. The molecule has 144 valence electrons. The van der Waals surface area contributed by atoms with Crippen molar-refractivity contribution < 1.29 is 19.4 Å². The second-order valence-corrected chi connectivity index (χ2v) is 6.78. The van der Waals surface area contributed by atoms with Crippen LogP contribution in [0.4, 0.5) is 0 Å². The number of carboxylic acids is 1. The number of aliphatic carboxylic acids is 1. The lowest BCUT2D eigenvalue weighted by molar-refractivity contribution is -0.144. The van der Waals surface area contributed by atoms with Gasteiger partial charge in [0.05, 0.1) is 11.6 Å². The molecule has 0 aromatic heterocycles. The summed E-state index contributed by atoms with van der Waals surface area (Å²) in [5.41, 5.74) is 1.04. The van der Waals surface area contributed by atoms with Gasteiger partial charge in [-0.3, -0.25) is 14.6 Å². The number of halogens is 1. The first kappa shape index (κ1) is 20.5. The van der Waals surface area contributed by atoms with E-state index in [4.69, 9.17) is 21.4 Å². The van der Waals surface area contributed by atoms with Crippen LogP contribution >= 0.6 is 11.6 Å². The first-order valence-electron chi connectivity index (χ1n) is 8.78. The lowest BCUT2D eigenvalue weighted by Crippen LogP contribution is -2.49. The Morgan fingerprint density at radius 2 is 1.92 bits per heavy atom. The topological polar surface area (TPSA) is 82.1 Å². The number of nitrogens with one attached hydrogen (secondary N) is 1. The van der Waals surface area contributed by atoms with E-state index >= 15 is 0 Å². The highest BCUT2D eigenvalue weighted by atomic mass is 35.5. The number of ether oxygens (including phenoxy) is 1. The second-order valence-electron chi connectivity index (χ2n) is 6.37. The number of carbonyl (C=O) groups excluding carboxylic acids is 1. The van der Waals surface area contributed by atoms with Gasteiger partial charge in [-0.15, -0.1) is 0 Å². The Labute approximate surface area is 158 Å². The molecule has 0 radical (unpaired) electrons. The van der Waals surface area contributed by atoms with E-state index in [-0.39, 0.29) is 5.91 Å². The first-order valence-corrected chi connectivity index (χ1v) is 9.16. The molecular weight excluding hydrogens is 358 g/mol. The first-order chi connectivity index (χ1) is 12.4. The van der Waals surface area contributed by atoms with Gasteiger partial charge in [0.2, 0.25) is 5.91 Å². The van der Waals surface area contributed by atoms with Crippen molar-refractivity contribution >= 4 is 23.5 Å². The van der Waals surface area contributed by atoms with Crippen LogP contribution in [0, 0.1) is 0 Å². The Bertz CT molecular complexity index is 633. The van der Waals surface area contributed by atoms with Crippen molar-refractivity contribution in [3.05, 3.63) is 28.8 Å². The molecule has 26 heavy (non-hydrogen) atoms. The molecule has 0 bridgehead atoms. The van der Waals surface area contributed by atoms with Crippen LogP contribution < -0.4 is 10.1 Å². The van der Waals surface area contributed by atoms with Crippen LogP contribution in [0.15, 0.2) is 18.2 Å².